The highest BCUT2D eigenvalue weighted by Crippen LogP contribution is 2.14. The highest BCUT2D eigenvalue weighted by molar-refractivity contribution is 5.84. The van der Waals surface area contributed by atoms with Crippen LogP contribution >= 0.6 is 0 Å². The van der Waals surface area contributed by atoms with Gasteiger partial charge >= 0.3 is 6.01 Å². The standard InChI is InChI=1S/C14H27N5O2/c1-7-8-15-10(3)12-18-19-13(21-12)16-9(2)11(20)17-14(4,5)6/h9-10,15H,7-8H2,1-6H3,(H,16,19)(H,17,20). The molecule has 0 spiro atoms. The van der Waals surface area contributed by atoms with Gasteiger partial charge in [-0.3, -0.25) is 4.79 Å². The van der Waals surface area contributed by atoms with Crippen molar-refractivity contribution in [1.82, 2.24) is 20.8 Å². The molecule has 0 aliphatic rings. The zero-order valence-electron chi connectivity index (χ0n) is 13.8. The number of hydrogen-bond donors (Lipinski definition) is 3. The third-order valence-corrected chi connectivity index (χ3v) is 2.74. The molecule has 7 nitrogen and oxygen atoms in total. The Hall–Kier alpha value is -1.63. The van der Waals surface area contributed by atoms with Gasteiger partial charge < -0.3 is 20.4 Å². The van der Waals surface area contributed by atoms with E-state index in [1.807, 2.05) is 27.7 Å². The summed E-state index contributed by atoms with van der Waals surface area (Å²) in [5.41, 5.74) is -0.272. The summed E-state index contributed by atoms with van der Waals surface area (Å²) in [6.45, 7) is 12.5. The van der Waals surface area contributed by atoms with E-state index in [1.165, 1.54) is 0 Å². The summed E-state index contributed by atoms with van der Waals surface area (Å²) in [7, 11) is 0. The minimum atomic E-state index is -0.448. The normalized spacial score (nSPS) is 14.6. The maximum atomic E-state index is 12.0. The second-order valence-electron chi connectivity index (χ2n) is 6.23. The SMILES string of the molecule is CCCNC(C)c1nnc(NC(C)C(=O)NC(C)(C)C)o1. The van der Waals surface area contributed by atoms with E-state index in [4.69, 9.17) is 4.42 Å². The van der Waals surface area contributed by atoms with Crippen molar-refractivity contribution in [3.8, 4) is 0 Å². The molecule has 2 atom stereocenters. The molecule has 3 N–H and O–H groups in total. The van der Waals surface area contributed by atoms with Crippen LogP contribution in [0.3, 0.4) is 0 Å². The predicted octanol–water partition coefficient (Wildman–Crippen LogP) is 1.85. The molecular formula is C14H27N5O2. The molecule has 0 aliphatic heterocycles. The van der Waals surface area contributed by atoms with Crippen molar-refractivity contribution < 1.29 is 9.21 Å². The summed E-state index contributed by atoms with van der Waals surface area (Å²) >= 11 is 0. The molecule has 2 unspecified atom stereocenters. The first-order chi connectivity index (χ1) is 9.73. The summed E-state index contributed by atoms with van der Waals surface area (Å²) in [5.74, 6) is 0.397. The van der Waals surface area contributed by atoms with Gasteiger partial charge in [0.1, 0.15) is 6.04 Å². The van der Waals surface area contributed by atoms with Crippen LogP contribution in [0.5, 0.6) is 0 Å². The predicted molar refractivity (Wildman–Crippen MR) is 82.0 cm³/mol. The number of amides is 1. The monoisotopic (exact) mass is 297 g/mol. The van der Waals surface area contributed by atoms with E-state index in [1.54, 1.807) is 6.92 Å². The fraction of sp³-hybridized carbons (Fsp3) is 0.786. The van der Waals surface area contributed by atoms with Crippen molar-refractivity contribution >= 4 is 11.9 Å². The summed E-state index contributed by atoms with van der Waals surface area (Å²) < 4.78 is 5.52. The van der Waals surface area contributed by atoms with Gasteiger partial charge in [0.05, 0.1) is 6.04 Å². The molecule has 1 rings (SSSR count). The van der Waals surface area contributed by atoms with Crippen LogP contribution in [0.15, 0.2) is 4.42 Å². The van der Waals surface area contributed by atoms with E-state index >= 15 is 0 Å². The minimum absolute atomic E-state index is 0.00768. The highest BCUT2D eigenvalue weighted by Gasteiger charge is 2.21. The Morgan fingerprint density at radius 2 is 1.95 bits per heavy atom. The van der Waals surface area contributed by atoms with E-state index in [0.717, 1.165) is 13.0 Å². The summed E-state index contributed by atoms with van der Waals surface area (Å²) in [4.78, 5) is 12.0. The van der Waals surface area contributed by atoms with Crippen LogP contribution in [-0.2, 0) is 4.79 Å². The van der Waals surface area contributed by atoms with Gasteiger partial charge in [0.15, 0.2) is 0 Å². The Morgan fingerprint density at radius 3 is 2.52 bits per heavy atom. The minimum Gasteiger partial charge on any atom is -0.406 e. The number of aromatic nitrogens is 2. The van der Waals surface area contributed by atoms with E-state index in [-0.39, 0.29) is 23.5 Å². The third kappa shape index (κ3) is 6.12. The molecule has 0 fully saturated rings. The van der Waals surface area contributed by atoms with Crippen molar-refractivity contribution in [2.45, 2.75) is 65.6 Å². The van der Waals surface area contributed by atoms with Crippen LogP contribution in [-0.4, -0.2) is 34.2 Å². The quantitative estimate of drug-likeness (QED) is 0.711. The molecule has 0 aromatic carbocycles. The van der Waals surface area contributed by atoms with Gasteiger partial charge in [-0.25, -0.2) is 0 Å². The number of nitrogens with zero attached hydrogens (tertiary/aromatic N) is 2. The fourth-order valence-electron chi connectivity index (χ4n) is 1.64. The first-order valence-electron chi connectivity index (χ1n) is 7.38. The molecule has 7 heteroatoms. The van der Waals surface area contributed by atoms with Crippen molar-refractivity contribution in [2.24, 2.45) is 0 Å². The maximum Gasteiger partial charge on any atom is 0.316 e. The Balaban J connectivity index is 2.55. The first-order valence-corrected chi connectivity index (χ1v) is 7.38. The van der Waals surface area contributed by atoms with Crippen LogP contribution in [0.25, 0.3) is 0 Å². The molecule has 0 saturated carbocycles. The number of carbonyl (C=O) groups excluding carboxylic acids is 1. The largest absolute Gasteiger partial charge is 0.406 e. The Labute approximate surface area is 126 Å². The van der Waals surface area contributed by atoms with Crippen molar-refractivity contribution in [3.63, 3.8) is 0 Å². The number of hydrogen-bond acceptors (Lipinski definition) is 6. The second kappa shape index (κ2) is 7.40. The Bertz CT molecular complexity index is 452. The summed E-state index contributed by atoms with van der Waals surface area (Å²) in [5, 5.41) is 17.0. The molecule has 0 aliphatic carbocycles. The van der Waals surface area contributed by atoms with Crippen LogP contribution in [0, 0.1) is 0 Å². The molecular weight excluding hydrogens is 270 g/mol. The van der Waals surface area contributed by atoms with Gasteiger partial charge in [0.2, 0.25) is 11.8 Å². The number of carbonyl (C=O) groups is 1. The van der Waals surface area contributed by atoms with Gasteiger partial charge in [0.25, 0.3) is 0 Å². The van der Waals surface area contributed by atoms with Crippen molar-refractivity contribution in [1.29, 1.82) is 0 Å². The smallest absolute Gasteiger partial charge is 0.316 e. The molecule has 1 aromatic rings. The van der Waals surface area contributed by atoms with Gasteiger partial charge in [-0.2, -0.15) is 0 Å². The number of rotatable bonds is 7. The van der Waals surface area contributed by atoms with Gasteiger partial charge in [-0.05, 0) is 47.6 Å². The van der Waals surface area contributed by atoms with E-state index in [9.17, 15) is 4.79 Å². The lowest BCUT2D eigenvalue weighted by Gasteiger charge is -2.23. The van der Waals surface area contributed by atoms with Gasteiger partial charge in [-0.15, -0.1) is 5.10 Å². The molecule has 0 saturated heterocycles. The molecule has 1 heterocycles. The van der Waals surface area contributed by atoms with Crippen LogP contribution in [0.4, 0.5) is 6.01 Å². The van der Waals surface area contributed by atoms with Crippen LogP contribution < -0.4 is 16.0 Å². The zero-order chi connectivity index (χ0) is 16.0. The highest BCUT2D eigenvalue weighted by atomic mass is 16.4. The summed E-state index contributed by atoms with van der Waals surface area (Å²) in [6.07, 6.45) is 1.04. The average Bonchev–Trinajstić information content (AvgIpc) is 2.82. The van der Waals surface area contributed by atoms with Crippen molar-refractivity contribution in [3.05, 3.63) is 5.89 Å². The lowest BCUT2D eigenvalue weighted by Crippen LogP contribution is -2.47. The van der Waals surface area contributed by atoms with Gasteiger partial charge in [-0.1, -0.05) is 12.0 Å². The van der Waals surface area contributed by atoms with E-state index in [0.29, 0.717) is 5.89 Å². The molecule has 1 aromatic heterocycles. The molecule has 120 valence electrons. The zero-order valence-corrected chi connectivity index (χ0v) is 13.8. The number of anilines is 1. The third-order valence-electron chi connectivity index (χ3n) is 2.74. The van der Waals surface area contributed by atoms with Crippen LogP contribution in [0.2, 0.25) is 0 Å². The average molecular weight is 297 g/mol. The second-order valence-corrected chi connectivity index (χ2v) is 6.23. The van der Waals surface area contributed by atoms with Crippen molar-refractivity contribution in [2.75, 3.05) is 11.9 Å². The fourth-order valence-corrected chi connectivity index (χ4v) is 1.64. The van der Waals surface area contributed by atoms with E-state index in [2.05, 4.69) is 33.1 Å². The lowest BCUT2D eigenvalue weighted by atomic mass is 10.1. The van der Waals surface area contributed by atoms with E-state index < -0.39 is 6.04 Å². The lowest BCUT2D eigenvalue weighted by molar-refractivity contribution is -0.122. The summed E-state index contributed by atoms with van der Waals surface area (Å²) in [6, 6.07) is -0.199. The molecule has 0 radical (unpaired) electrons. The topological polar surface area (TPSA) is 92.1 Å². The molecule has 0 bridgehead atoms. The first kappa shape index (κ1) is 17.4. The number of nitrogens with one attached hydrogen (secondary N) is 3. The molecule has 21 heavy (non-hydrogen) atoms. The van der Waals surface area contributed by atoms with Gasteiger partial charge in [0, 0.05) is 5.54 Å². The van der Waals surface area contributed by atoms with Crippen LogP contribution in [0.1, 0.15) is 59.9 Å². The maximum absolute atomic E-state index is 12.0. The Kier molecular flexibility index (Phi) is 6.14. The molecule has 1 amide bonds. The Morgan fingerprint density at radius 1 is 1.29 bits per heavy atom.